The molecule has 23 heavy (non-hydrogen) atoms. The van der Waals surface area contributed by atoms with Crippen LogP contribution in [0.25, 0.3) is 5.13 Å². The van der Waals surface area contributed by atoms with E-state index in [1.165, 1.54) is 11.3 Å². The number of anilines is 1. The van der Waals surface area contributed by atoms with E-state index in [-0.39, 0.29) is 12.3 Å². The van der Waals surface area contributed by atoms with Crippen LogP contribution in [0, 0.1) is 6.92 Å². The van der Waals surface area contributed by atoms with Crippen LogP contribution in [0.5, 0.6) is 5.75 Å². The molecule has 0 radical (unpaired) electrons. The van der Waals surface area contributed by atoms with E-state index >= 15 is 0 Å². The number of aryl methyl sites for hydroxylation is 1. The highest BCUT2D eigenvalue weighted by Crippen LogP contribution is 2.25. The number of hydrogen-bond donors (Lipinski definition) is 1. The van der Waals surface area contributed by atoms with E-state index in [1.54, 1.807) is 7.11 Å². The molecule has 118 valence electrons. The highest BCUT2D eigenvalue weighted by atomic mass is 32.1. The highest BCUT2D eigenvalue weighted by molar-refractivity contribution is 7.12. The Morgan fingerprint density at radius 3 is 2.87 bits per heavy atom. The monoisotopic (exact) mass is 327 g/mol. The Morgan fingerprint density at radius 2 is 2.13 bits per heavy atom. The molecule has 0 unspecified atom stereocenters. The van der Waals surface area contributed by atoms with Crippen molar-refractivity contribution >= 4 is 22.9 Å². The van der Waals surface area contributed by atoms with E-state index < -0.39 is 0 Å². The number of amides is 1. The maximum absolute atomic E-state index is 12.2. The zero-order chi connectivity index (χ0) is 16.2. The Labute approximate surface area is 138 Å². The average molecular weight is 327 g/mol. The fourth-order valence-electron chi connectivity index (χ4n) is 2.24. The summed E-state index contributed by atoms with van der Waals surface area (Å²) in [5, 5.41) is 5.65. The molecule has 1 N–H and O–H groups in total. The van der Waals surface area contributed by atoms with Crippen molar-refractivity contribution < 1.29 is 9.53 Å². The normalized spacial score (nSPS) is 10.5. The molecular formula is C17H17N3O2S. The van der Waals surface area contributed by atoms with E-state index in [4.69, 9.17) is 4.74 Å². The van der Waals surface area contributed by atoms with Gasteiger partial charge in [0, 0.05) is 17.8 Å². The van der Waals surface area contributed by atoms with Crippen molar-refractivity contribution in [2.24, 2.45) is 0 Å². The lowest BCUT2D eigenvalue weighted by Crippen LogP contribution is -2.15. The van der Waals surface area contributed by atoms with Gasteiger partial charge in [-0.25, -0.2) is 4.98 Å². The van der Waals surface area contributed by atoms with Gasteiger partial charge in [-0.3, -0.25) is 4.79 Å². The molecule has 0 aliphatic rings. The minimum absolute atomic E-state index is 0.113. The lowest BCUT2D eigenvalue weighted by molar-refractivity contribution is -0.115. The number of ether oxygens (including phenoxy) is 1. The quantitative estimate of drug-likeness (QED) is 0.781. The summed E-state index contributed by atoms with van der Waals surface area (Å²) in [4.78, 5) is 16.7. The maximum atomic E-state index is 12.2. The first-order chi connectivity index (χ1) is 11.2. The molecule has 1 amide bonds. The number of carbonyl (C=O) groups is 1. The number of thiazole rings is 1. The molecule has 0 saturated heterocycles. The molecule has 0 spiro atoms. The van der Waals surface area contributed by atoms with Gasteiger partial charge in [-0.2, -0.15) is 0 Å². The molecule has 0 aliphatic heterocycles. The minimum Gasteiger partial charge on any atom is -0.495 e. The fraction of sp³-hybridized carbons (Fsp3) is 0.176. The van der Waals surface area contributed by atoms with Crippen molar-refractivity contribution in [2.75, 3.05) is 12.4 Å². The standard InChI is InChI=1S/C17H17N3O2S/c1-12-5-6-15(22-2)14(9-12)19-16(21)10-13-11-23-17(18-13)20-7-3-4-8-20/h3-9,11H,10H2,1-2H3,(H,19,21). The van der Waals surface area contributed by atoms with Crippen LogP contribution in [-0.4, -0.2) is 22.6 Å². The second-order valence-corrected chi connectivity index (χ2v) is 5.98. The first-order valence-electron chi connectivity index (χ1n) is 7.18. The summed E-state index contributed by atoms with van der Waals surface area (Å²) in [6, 6.07) is 9.56. The molecule has 0 fully saturated rings. The topological polar surface area (TPSA) is 56.1 Å². The lowest BCUT2D eigenvalue weighted by Gasteiger charge is -2.10. The molecule has 3 rings (SSSR count). The molecular weight excluding hydrogens is 310 g/mol. The molecule has 5 nitrogen and oxygen atoms in total. The predicted molar refractivity (Wildman–Crippen MR) is 91.5 cm³/mol. The number of methoxy groups -OCH3 is 1. The van der Waals surface area contributed by atoms with Crippen molar-refractivity contribution in [3.63, 3.8) is 0 Å². The third-order valence-corrected chi connectivity index (χ3v) is 4.24. The summed E-state index contributed by atoms with van der Waals surface area (Å²) >= 11 is 1.51. The Kier molecular flexibility index (Phi) is 4.43. The Morgan fingerprint density at radius 1 is 1.35 bits per heavy atom. The van der Waals surface area contributed by atoms with Crippen LogP contribution in [-0.2, 0) is 11.2 Å². The zero-order valence-electron chi connectivity index (χ0n) is 12.9. The predicted octanol–water partition coefficient (Wildman–Crippen LogP) is 3.43. The molecule has 0 saturated carbocycles. The van der Waals surface area contributed by atoms with Crippen molar-refractivity contribution in [1.82, 2.24) is 9.55 Å². The Balaban J connectivity index is 1.69. The van der Waals surface area contributed by atoms with Gasteiger partial charge < -0.3 is 14.6 Å². The van der Waals surface area contributed by atoms with Crippen LogP contribution in [0.1, 0.15) is 11.3 Å². The third-order valence-electron chi connectivity index (χ3n) is 3.34. The van der Waals surface area contributed by atoms with Gasteiger partial charge in [0.2, 0.25) is 5.91 Å². The first-order valence-corrected chi connectivity index (χ1v) is 8.06. The van der Waals surface area contributed by atoms with Gasteiger partial charge in [0.15, 0.2) is 5.13 Å². The Bertz CT molecular complexity index is 809. The second kappa shape index (κ2) is 6.66. The number of rotatable bonds is 5. The molecule has 1 aromatic carbocycles. The number of nitrogens with zero attached hydrogens (tertiary/aromatic N) is 2. The first kappa shape index (κ1) is 15.3. The van der Waals surface area contributed by atoms with Gasteiger partial charge in [-0.1, -0.05) is 6.07 Å². The summed E-state index contributed by atoms with van der Waals surface area (Å²) in [5.74, 6) is 0.536. The summed E-state index contributed by atoms with van der Waals surface area (Å²) in [6.07, 6.45) is 4.09. The van der Waals surface area contributed by atoms with E-state index in [1.807, 2.05) is 59.6 Å². The fourth-order valence-corrected chi connectivity index (χ4v) is 3.03. The van der Waals surface area contributed by atoms with Gasteiger partial charge in [0.05, 0.1) is 24.9 Å². The SMILES string of the molecule is COc1ccc(C)cc1NC(=O)Cc1csc(-n2cccc2)n1. The molecule has 2 heterocycles. The minimum atomic E-state index is -0.113. The van der Waals surface area contributed by atoms with Crippen molar-refractivity contribution in [1.29, 1.82) is 0 Å². The number of hydrogen-bond acceptors (Lipinski definition) is 4. The van der Waals surface area contributed by atoms with Crippen molar-refractivity contribution in [3.8, 4) is 10.9 Å². The summed E-state index contributed by atoms with van der Waals surface area (Å²) < 4.78 is 7.20. The molecule has 2 aromatic heterocycles. The van der Waals surface area contributed by atoms with Gasteiger partial charge >= 0.3 is 0 Å². The number of aromatic nitrogens is 2. The van der Waals surface area contributed by atoms with E-state index in [9.17, 15) is 4.79 Å². The largest absolute Gasteiger partial charge is 0.495 e. The van der Waals surface area contributed by atoms with Crippen LogP contribution < -0.4 is 10.1 Å². The van der Waals surface area contributed by atoms with E-state index in [2.05, 4.69) is 10.3 Å². The zero-order valence-corrected chi connectivity index (χ0v) is 13.8. The van der Waals surface area contributed by atoms with Crippen LogP contribution in [0.4, 0.5) is 5.69 Å². The maximum Gasteiger partial charge on any atom is 0.230 e. The smallest absolute Gasteiger partial charge is 0.230 e. The summed E-state index contributed by atoms with van der Waals surface area (Å²) in [6.45, 7) is 1.97. The number of nitrogens with one attached hydrogen (secondary N) is 1. The van der Waals surface area contributed by atoms with Gasteiger partial charge in [-0.15, -0.1) is 11.3 Å². The number of benzene rings is 1. The molecule has 0 atom stereocenters. The van der Waals surface area contributed by atoms with Gasteiger partial charge in [0.25, 0.3) is 0 Å². The highest BCUT2D eigenvalue weighted by Gasteiger charge is 2.11. The van der Waals surface area contributed by atoms with Gasteiger partial charge in [0.1, 0.15) is 5.75 Å². The molecule has 3 aromatic rings. The third kappa shape index (κ3) is 3.60. The molecule has 0 aliphatic carbocycles. The second-order valence-electron chi connectivity index (χ2n) is 5.14. The summed E-state index contributed by atoms with van der Waals surface area (Å²) in [7, 11) is 1.59. The molecule has 0 bridgehead atoms. The van der Waals surface area contributed by atoms with Crippen LogP contribution in [0.3, 0.4) is 0 Å². The summed E-state index contributed by atoms with van der Waals surface area (Å²) in [5.41, 5.74) is 2.49. The average Bonchev–Trinajstić information content (AvgIpc) is 3.18. The van der Waals surface area contributed by atoms with Crippen molar-refractivity contribution in [3.05, 3.63) is 59.4 Å². The lowest BCUT2D eigenvalue weighted by atomic mass is 10.2. The van der Waals surface area contributed by atoms with E-state index in [0.717, 1.165) is 16.4 Å². The molecule has 6 heteroatoms. The van der Waals surface area contributed by atoms with Crippen LogP contribution in [0.15, 0.2) is 48.1 Å². The van der Waals surface area contributed by atoms with Crippen LogP contribution >= 0.6 is 11.3 Å². The van der Waals surface area contributed by atoms with Crippen LogP contribution in [0.2, 0.25) is 0 Å². The van der Waals surface area contributed by atoms with Gasteiger partial charge in [-0.05, 0) is 36.8 Å². The number of carbonyl (C=O) groups excluding carboxylic acids is 1. The Hall–Kier alpha value is -2.60. The van der Waals surface area contributed by atoms with E-state index in [0.29, 0.717) is 11.4 Å². The van der Waals surface area contributed by atoms with Crippen molar-refractivity contribution in [2.45, 2.75) is 13.3 Å².